The Morgan fingerprint density at radius 2 is 1.74 bits per heavy atom. The summed E-state index contributed by atoms with van der Waals surface area (Å²) in [5, 5.41) is 3.07. The molecule has 0 radical (unpaired) electrons. The lowest BCUT2D eigenvalue weighted by Crippen LogP contribution is -2.48. The predicted molar refractivity (Wildman–Crippen MR) is 124 cm³/mol. The van der Waals surface area contributed by atoms with Gasteiger partial charge in [-0.1, -0.05) is 18.2 Å². The fourth-order valence-electron chi connectivity index (χ4n) is 3.69. The van der Waals surface area contributed by atoms with Crippen molar-refractivity contribution in [1.82, 2.24) is 15.1 Å². The van der Waals surface area contributed by atoms with Gasteiger partial charge in [-0.25, -0.2) is 0 Å². The van der Waals surface area contributed by atoms with Crippen molar-refractivity contribution in [3.8, 4) is 11.5 Å². The smallest absolute Gasteiger partial charge is 0.258 e. The first kappa shape index (κ1) is 22.9. The number of piperazine rings is 1. The molecule has 0 bridgehead atoms. The van der Waals surface area contributed by atoms with Crippen LogP contribution in [0, 0.1) is 0 Å². The normalized spacial score (nSPS) is 15.9. The van der Waals surface area contributed by atoms with Gasteiger partial charge in [0, 0.05) is 58.6 Å². The van der Waals surface area contributed by atoms with E-state index in [0.717, 1.165) is 31.9 Å². The lowest BCUT2D eigenvalue weighted by Gasteiger charge is -2.38. The SMILES string of the molecule is COc1cccc(OCC(=O)NCC(c2ccc(N(C)C)cc2)N2CCN(C)CC2)c1. The predicted octanol–water partition coefficient (Wildman–Crippen LogP) is 2.24. The molecule has 7 heteroatoms. The molecular weight excluding hydrogens is 392 g/mol. The maximum absolute atomic E-state index is 12.5. The van der Waals surface area contributed by atoms with Crippen LogP contribution in [-0.4, -0.2) is 83.3 Å². The van der Waals surface area contributed by atoms with E-state index in [1.165, 1.54) is 5.56 Å². The molecule has 0 aromatic heterocycles. The zero-order chi connectivity index (χ0) is 22.2. The molecule has 168 valence electrons. The molecule has 1 fully saturated rings. The number of hydrogen-bond donors (Lipinski definition) is 1. The average Bonchev–Trinajstić information content (AvgIpc) is 2.79. The number of ether oxygens (including phenoxy) is 2. The third kappa shape index (κ3) is 6.60. The molecule has 1 amide bonds. The molecule has 2 aromatic carbocycles. The number of methoxy groups -OCH3 is 1. The number of anilines is 1. The van der Waals surface area contributed by atoms with Crippen molar-refractivity contribution in [3.63, 3.8) is 0 Å². The van der Waals surface area contributed by atoms with Crippen molar-refractivity contribution in [3.05, 3.63) is 54.1 Å². The second kappa shape index (κ2) is 11.0. The number of nitrogens with one attached hydrogen (secondary N) is 1. The van der Waals surface area contributed by atoms with E-state index in [2.05, 4.69) is 51.3 Å². The maximum atomic E-state index is 12.5. The summed E-state index contributed by atoms with van der Waals surface area (Å²) in [5.41, 5.74) is 2.38. The molecule has 1 N–H and O–H groups in total. The Labute approximate surface area is 185 Å². The highest BCUT2D eigenvalue weighted by molar-refractivity contribution is 5.77. The quantitative estimate of drug-likeness (QED) is 0.664. The van der Waals surface area contributed by atoms with E-state index in [1.807, 2.05) is 32.3 Å². The van der Waals surface area contributed by atoms with Crippen LogP contribution in [0.3, 0.4) is 0 Å². The second-order valence-electron chi connectivity index (χ2n) is 8.11. The van der Waals surface area contributed by atoms with Gasteiger partial charge in [0.15, 0.2) is 6.61 Å². The van der Waals surface area contributed by atoms with Crippen molar-refractivity contribution in [2.24, 2.45) is 0 Å². The van der Waals surface area contributed by atoms with Crippen LogP contribution in [-0.2, 0) is 4.79 Å². The molecule has 1 atom stereocenters. The van der Waals surface area contributed by atoms with Gasteiger partial charge in [0.2, 0.25) is 0 Å². The van der Waals surface area contributed by atoms with Crippen molar-refractivity contribution in [1.29, 1.82) is 0 Å². The van der Waals surface area contributed by atoms with Crippen molar-refractivity contribution in [2.75, 3.05) is 72.5 Å². The largest absolute Gasteiger partial charge is 0.497 e. The monoisotopic (exact) mass is 426 g/mol. The summed E-state index contributed by atoms with van der Waals surface area (Å²) >= 11 is 0. The number of likely N-dealkylation sites (N-methyl/N-ethyl adjacent to an activating group) is 1. The van der Waals surface area contributed by atoms with E-state index >= 15 is 0 Å². The van der Waals surface area contributed by atoms with Gasteiger partial charge in [-0.2, -0.15) is 0 Å². The topological polar surface area (TPSA) is 57.3 Å². The van der Waals surface area contributed by atoms with Crippen LogP contribution in [0.2, 0.25) is 0 Å². The Hall–Kier alpha value is -2.77. The van der Waals surface area contributed by atoms with Crippen LogP contribution in [0.1, 0.15) is 11.6 Å². The van der Waals surface area contributed by atoms with Crippen LogP contribution in [0.25, 0.3) is 0 Å². The molecule has 1 aliphatic rings. The minimum Gasteiger partial charge on any atom is -0.497 e. The lowest BCUT2D eigenvalue weighted by molar-refractivity contribution is -0.123. The molecule has 2 aromatic rings. The van der Waals surface area contributed by atoms with Gasteiger partial charge in [0.25, 0.3) is 5.91 Å². The highest BCUT2D eigenvalue weighted by atomic mass is 16.5. The summed E-state index contributed by atoms with van der Waals surface area (Å²) in [6.07, 6.45) is 0. The zero-order valence-corrected chi connectivity index (χ0v) is 19.0. The summed E-state index contributed by atoms with van der Waals surface area (Å²) in [7, 11) is 7.83. The summed E-state index contributed by atoms with van der Waals surface area (Å²) in [6.45, 7) is 4.53. The standard InChI is InChI=1S/C24H34N4O3/c1-26(2)20-10-8-19(9-11-20)23(28-14-12-27(3)13-15-28)17-25-24(29)18-31-22-7-5-6-21(16-22)30-4/h5-11,16,23H,12-15,17-18H2,1-4H3,(H,25,29). The molecule has 0 aliphatic carbocycles. The molecule has 1 unspecified atom stereocenters. The first-order chi connectivity index (χ1) is 15.0. The third-order valence-electron chi connectivity index (χ3n) is 5.68. The molecule has 3 rings (SSSR count). The van der Waals surface area contributed by atoms with Crippen LogP contribution in [0.4, 0.5) is 5.69 Å². The van der Waals surface area contributed by atoms with Crippen molar-refractivity contribution in [2.45, 2.75) is 6.04 Å². The first-order valence-electron chi connectivity index (χ1n) is 10.7. The zero-order valence-electron chi connectivity index (χ0n) is 19.0. The van der Waals surface area contributed by atoms with E-state index in [-0.39, 0.29) is 18.6 Å². The van der Waals surface area contributed by atoms with E-state index in [4.69, 9.17) is 9.47 Å². The lowest BCUT2D eigenvalue weighted by atomic mass is 10.0. The van der Waals surface area contributed by atoms with E-state index < -0.39 is 0 Å². The number of carbonyl (C=O) groups is 1. The van der Waals surface area contributed by atoms with Gasteiger partial charge < -0.3 is 24.6 Å². The highest BCUT2D eigenvalue weighted by Gasteiger charge is 2.24. The van der Waals surface area contributed by atoms with Crippen LogP contribution >= 0.6 is 0 Å². The highest BCUT2D eigenvalue weighted by Crippen LogP contribution is 2.24. The molecule has 0 spiro atoms. The Balaban J connectivity index is 1.61. The number of hydrogen-bond acceptors (Lipinski definition) is 6. The molecule has 1 saturated heterocycles. The van der Waals surface area contributed by atoms with Crippen molar-refractivity contribution < 1.29 is 14.3 Å². The third-order valence-corrected chi connectivity index (χ3v) is 5.68. The second-order valence-corrected chi connectivity index (χ2v) is 8.11. The Kier molecular flexibility index (Phi) is 8.14. The number of carbonyl (C=O) groups excluding carboxylic acids is 1. The van der Waals surface area contributed by atoms with Crippen LogP contribution in [0.5, 0.6) is 11.5 Å². The van der Waals surface area contributed by atoms with Crippen molar-refractivity contribution >= 4 is 11.6 Å². The maximum Gasteiger partial charge on any atom is 0.258 e. The first-order valence-corrected chi connectivity index (χ1v) is 10.7. The molecule has 0 saturated carbocycles. The van der Waals surface area contributed by atoms with Crippen LogP contribution in [0.15, 0.2) is 48.5 Å². The Bertz CT molecular complexity index is 833. The molecular formula is C24H34N4O3. The average molecular weight is 427 g/mol. The summed E-state index contributed by atoms with van der Waals surface area (Å²) in [5.74, 6) is 1.19. The van der Waals surface area contributed by atoms with Gasteiger partial charge in [-0.05, 0) is 36.9 Å². The Morgan fingerprint density at radius 3 is 2.39 bits per heavy atom. The summed E-state index contributed by atoms with van der Waals surface area (Å²) in [4.78, 5) is 19.4. The molecule has 1 aliphatic heterocycles. The molecule has 7 nitrogen and oxygen atoms in total. The van der Waals surface area contributed by atoms with Gasteiger partial charge in [-0.3, -0.25) is 9.69 Å². The Morgan fingerprint density at radius 1 is 1.06 bits per heavy atom. The van der Waals surface area contributed by atoms with Gasteiger partial charge in [0.1, 0.15) is 11.5 Å². The number of nitrogens with zero attached hydrogens (tertiary/aromatic N) is 3. The minimum atomic E-state index is -0.133. The van der Waals surface area contributed by atoms with Gasteiger partial charge >= 0.3 is 0 Å². The van der Waals surface area contributed by atoms with Gasteiger partial charge in [0.05, 0.1) is 13.2 Å². The van der Waals surface area contributed by atoms with E-state index in [1.54, 1.807) is 13.2 Å². The molecule has 1 heterocycles. The van der Waals surface area contributed by atoms with Gasteiger partial charge in [-0.15, -0.1) is 0 Å². The van der Waals surface area contributed by atoms with E-state index in [0.29, 0.717) is 18.0 Å². The summed E-state index contributed by atoms with van der Waals surface area (Å²) < 4.78 is 10.8. The fourth-order valence-corrected chi connectivity index (χ4v) is 3.69. The van der Waals surface area contributed by atoms with Crippen LogP contribution < -0.4 is 19.7 Å². The number of benzene rings is 2. The number of amides is 1. The minimum absolute atomic E-state index is 0.0256. The van der Waals surface area contributed by atoms with E-state index in [9.17, 15) is 4.79 Å². The number of rotatable bonds is 9. The fraction of sp³-hybridized carbons (Fsp3) is 0.458. The summed E-state index contributed by atoms with van der Waals surface area (Å²) in [6, 6.07) is 16.0. The molecule has 31 heavy (non-hydrogen) atoms.